The first-order valence-corrected chi connectivity index (χ1v) is 5.69. The van der Waals surface area contributed by atoms with E-state index in [9.17, 15) is 9.18 Å². The van der Waals surface area contributed by atoms with Crippen LogP contribution < -0.4 is 5.73 Å². The molecule has 0 unspecified atom stereocenters. The zero-order chi connectivity index (χ0) is 14.0. The lowest BCUT2D eigenvalue weighted by Gasteiger charge is -2.06. The van der Waals surface area contributed by atoms with Gasteiger partial charge in [0.2, 0.25) is 0 Å². The molecule has 2 aromatic rings. The molecule has 0 aliphatic rings. The maximum absolute atomic E-state index is 14.0. The summed E-state index contributed by atoms with van der Waals surface area (Å²) in [6.07, 6.45) is 1.61. The molecule has 0 saturated carbocycles. The number of carbonyl (C=O) groups is 1. The number of hydrogen-bond donors (Lipinski definition) is 1. The standard InChI is InChI=1S/C12H13FN4O2/c1-3-5-17-8-6-7(12(18)19-4-2)9(13)10(14)11(8)15-16-17/h3,6H,1,4-5,14H2,2H3. The second-order valence-corrected chi connectivity index (χ2v) is 3.80. The number of nitrogens with two attached hydrogens (primary N) is 1. The number of anilines is 1. The first-order valence-electron chi connectivity index (χ1n) is 5.69. The van der Waals surface area contributed by atoms with Gasteiger partial charge in [0.15, 0.2) is 5.82 Å². The largest absolute Gasteiger partial charge is 0.462 e. The summed E-state index contributed by atoms with van der Waals surface area (Å²) in [5.74, 6) is -1.60. The maximum atomic E-state index is 14.0. The van der Waals surface area contributed by atoms with Crippen molar-refractivity contribution >= 4 is 22.7 Å². The molecule has 0 aliphatic carbocycles. The molecule has 100 valence electrons. The number of allylic oxidation sites excluding steroid dienone is 1. The van der Waals surface area contributed by atoms with Gasteiger partial charge in [-0.15, -0.1) is 11.7 Å². The Kier molecular flexibility index (Phi) is 3.46. The zero-order valence-corrected chi connectivity index (χ0v) is 10.4. The highest BCUT2D eigenvalue weighted by molar-refractivity contribution is 5.98. The number of hydrogen-bond acceptors (Lipinski definition) is 5. The van der Waals surface area contributed by atoms with Crippen LogP contribution in [0.25, 0.3) is 11.0 Å². The molecule has 0 spiro atoms. The van der Waals surface area contributed by atoms with Crippen molar-refractivity contribution in [3.63, 3.8) is 0 Å². The van der Waals surface area contributed by atoms with Gasteiger partial charge in [0.1, 0.15) is 5.52 Å². The predicted molar refractivity (Wildman–Crippen MR) is 68.1 cm³/mol. The highest BCUT2D eigenvalue weighted by Crippen LogP contribution is 2.26. The van der Waals surface area contributed by atoms with Gasteiger partial charge in [0.25, 0.3) is 0 Å². The lowest BCUT2D eigenvalue weighted by molar-refractivity contribution is 0.0521. The molecule has 0 bridgehead atoms. The van der Waals surface area contributed by atoms with E-state index in [0.717, 1.165) is 0 Å². The van der Waals surface area contributed by atoms with Crippen molar-refractivity contribution in [3.8, 4) is 0 Å². The summed E-state index contributed by atoms with van der Waals surface area (Å²) >= 11 is 0. The smallest absolute Gasteiger partial charge is 0.341 e. The van der Waals surface area contributed by atoms with Crippen molar-refractivity contribution in [3.05, 3.63) is 30.1 Å². The molecular weight excluding hydrogens is 251 g/mol. The molecule has 1 heterocycles. The number of nitrogen functional groups attached to an aromatic ring is 1. The minimum absolute atomic E-state index is 0.153. The van der Waals surface area contributed by atoms with E-state index < -0.39 is 11.8 Å². The summed E-state index contributed by atoms with van der Waals surface area (Å²) < 4.78 is 20.2. The van der Waals surface area contributed by atoms with Gasteiger partial charge in [-0.3, -0.25) is 0 Å². The van der Waals surface area contributed by atoms with Crippen molar-refractivity contribution in [1.82, 2.24) is 15.0 Å². The molecule has 1 aromatic carbocycles. The van der Waals surface area contributed by atoms with Crippen molar-refractivity contribution in [2.45, 2.75) is 13.5 Å². The Hall–Kier alpha value is -2.44. The van der Waals surface area contributed by atoms with Crippen molar-refractivity contribution in [2.24, 2.45) is 0 Å². The number of nitrogens with zero attached hydrogens (tertiary/aromatic N) is 3. The van der Waals surface area contributed by atoms with Crippen LogP contribution in [0.1, 0.15) is 17.3 Å². The van der Waals surface area contributed by atoms with E-state index in [1.165, 1.54) is 10.7 Å². The number of carbonyl (C=O) groups excluding carboxylic acids is 1. The maximum Gasteiger partial charge on any atom is 0.341 e. The lowest BCUT2D eigenvalue weighted by atomic mass is 10.1. The van der Waals surface area contributed by atoms with E-state index in [4.69, 9.17) is 10.5 Å². The van der Waals surface area contributed by atoms with E-state index in [1.807, 2.05) is 0 Å². The van der Waals surface area contributed by atoms with Gasteiger partial charge in [0.05, 0.1) is 29.9 Å². The Bertz CT molecular complexity index is 651. The van der Waals surface area contributed by atoms with Gasteiger partial charge in [0, 0.05) is 0 Å². The van der Waals surface area contributed by atoms with Crippen LogP contribution in [0.4, 0.5) is 10.1 Å². The van der Waals surface area contributed by atoms with Crippen LogP contribution in [0.5, 0.6) is 0 Å². The number of fused-ring (bicyclic) bond motifs is 1. The van der Waals surface area contributed by atoms with Crippen LogP contribution in [-0.4, -0.2) is 27.6 Å². The Labute approximate surface area is 108 Å². The Morgan fingerprint density at radius 3 is 3.05 bits per heavy atom. The fourth-order valence-electron chi connectivity index (χ4n) is 1.72. The number of halogens is 1. The van der Waals surface area contributed by atoms with Crippen LogP contribution in [0.3, 0.4) is 0 Å². The number of rotatable bonds is 4. The second-order valence-electron chi connectivity index (χ2n) is 3.80. The van der Waals surface area contributed by atoms with E-state index in [-0.39, 0.29) is 23.4 Å². The first kappa shape index (κ1) is 13.0. The molecule has 0 radical (unpaired) electrons. The monoisotopic (exact) mass is 264 g/mol. The predicted octanol–water partition coefficient (Wildman–Crippen LogP) is 1.52. The SMILES string of the molecule is C=CCn1nnc2c(N)c(F)c(C(=O)OCC)cc21. The van der Waals surface area contributed by atoms with Gasteiger partial charge in [-0.2, -0.15) is 0 Å². The van der Waals surface area contributed by atoms with Gasteiger partial charge in [-0.05, 0) is 13.0 Å². The number of benzene rings is 1. The molecule has 1 aromatic heterocycles. The lowest BCUT2D eigenvalue weighted by Crippen LogP contribution is -2.10. The van der Waals surface area contributed by atoms with Crippen LogP contribution in [0.2, 0.25) is 0 Å². The zero-order valence-electron chi connectivity index (χ0n) is 10.4. The molecule has 0 aliphatic heterocycles. The van der Waals surface area contributed by atoms with E-state index in [2.05, 4.69) is 16.9 Å². The molecule has 7 heteroatoms. The third-order valence-electron chi connectivity index (χ3n) is 2.58. The summed E-state index contributed by atoms with van der Waals surface area (Å²) in [5, 5.41) is 7.62. The molecular formula is C12H13FN4O2. The molecule has 0 saturated heterocycles. The number of esters is 1. The fourth-order valence-corrected chi connectivity index (χ4v) is 1.72. The molecule has 0 amide bonds. The van der Waals surface area contributed by atoms with E-state index in [1.54, 1.807) is 13.0 Å². The van der Waals surface area contributed by atoms with Crippen LogP contribution in [0.15, 0.2) is 18.7 Å². The third kappa shape index (κ3) is 2.14. The number of aromatic nitrogens is 3. The first-order chi connectivity index (χ1) is 9.10. The average molecular weight is 264 g/mol. The van der Waals surface area contributed by atoms with Gasteiger partial charge in [-0.1, -0.05) is 11.3 Å². The topological polar surface area (TPSA) is 83.0 Å². The molecule has 0 fully saturated rings. The van der Waals surface area contributed by atoms with Crippen molar-refractivity contribution in [2.75, 3.05) is 12.3 Å². The van der Waals surface area contributed by atoms with Gasteiger partial charge in [-0.25, -0.2) is 13.9 Å². The van der Waals surface area contributed by atoms with Crippen molar-refractivity contribution < 1.29 is 13.9 Å². The average Bonchev–Trinajstić information content (AvgIpc) is 2.78. The molecule has 2 N–H and O–H groups in total. The summed E-state index contributed by atoms with van der Waals surface area (Å²) in [6.45, 7) is 5.76. The van der Waals surface area contributed by atoms with Crippen molar-refractivity contribution in [1.29, 1.82) is 0 Å². The van der Waals surface area contributed by atoms with E-state index >= 15 is 0 Å². The quantitative estimate of drug-likeness (QED) is 0.514. The molecule has 19 heavy (non-hydrogen) atoms. The molecule has 6 nitrogen and oxygen atoms in total. The van der Waals surface area contributed by atoms with Crippen LogP contribution in [-0.2, 0) is 11.3 Å². The highest BCUT2D eigenvalue weighted by atomic mass is 19.1. The van der Waals surface area contributed by atoms with Gasteiger partial charge >= 0.3 is 5.97 Å². The number of ether oxygens (including phenoxy) is 1. The third-order valence-corrected chi connectivity index (χ3v) is 2.58. The highest BCUT2D eigenvalue weighted by Gasteiger charge is 2.21. The fraction of sp³-hybridized carbons (Fsp3) is 0.250. The minimum atomic E-state index is -0.836. The second kappa shape index (κ2) is 5.05. The summed E-state index contributed by atoms with van der Waals surface area (Å²) in [6, 6.07) is 1.34. The summed E-state index contributed by atoms with van der Waals surface area (Å²) in [5.41, 5.74) is 5.88. The Morgan fingerprint density at radius 1 is 1.68 bits per heavy atom. The van der Waals surface area contributed by atoms with Crippen LogP contribution in [0, 0.1) is 5.82 Å². The van der Waals surface area contributed by atoms with Gasteiger partial charge < -0.3 is 10.5 Å². The Balaban J connectivity index is 2.65. The molecule has 2 rings (SSSR count). The Morgan fingerprint density at radius 2 is 2.42 bits per heavy atom. The normalized spacial score (nSPS) is 10.6. The minimum Gasteiger partial charge on any atom is -0.462 e. The van der Waals surface area contributed by atoms with Crippen LogP contribution >= 0.6 is 0 Å². The summed E-state index contributed by atoms with van der Waals surface area (Å²) in [4.78, 5) is 11.7. The summed E-state index contributed by atoms with van der Waals surface area (Å²) in [7, 11) is 0. The molecule has 0 atom stereocenters. The van der Waals surface area contributed by atoms with E-state index in [0.29, 0.717) is 12.1 Å².